The van der Waals surface area contributed by atoms with E-state index in [1.165, 1.54) is 5.56 Å². The SMILES string of the molecule is CC1=NCCC(c2ccccc2)C(c2ccc(C#N)c3ccccc23)=N1. The van der Waals surface area contributed by atoms with Crippen molar-refractivity contribution < 1.29 is 0 Å². The average molecular weight is 337 g/mol. The van der Waals surface area contributed by atoms with Gasteiger partial charge in [0.05, 0.1) is 17.3 Å². The predicted octanol–water partition coefficient (Wildman–Crippen LogP) is 5.11. The molecule has 26 heavy (non-hydrogen) atoms. The lowest BCUT2D eigenvalue weighted by Gasteiger charge is -2.20. The second-order valence-electron chi connectivity index (χ2n) is 6.50. The van der Waals surface area contributed by atoms with E-state index in [0.29, 0.717) is 5.56 Å². The van der Waals surface area contributed by atoms with Crippen molar-refractivity contribution in [3.63, 3.8) is 0 Å². The van der Waals surface area contributed by atoms with Gasteiger partial charge in [-0.3, -0.25) is 4.99 Å². The molecule has 3 aromatic rings. The van der Waals surface area contributed by atoms with Gasteiger partial charge in [-0.2, -0.15) is 5.26 Å². The molecular weight excluding hydrogens is 318 g/mol. The molecule has 0 aliphatic carbocycles. The summed E-state index contributed by atoms with van der Waals surface area (Å²) >= 11 is 0. The van der Waals surface area contributed by atoms with Crippen molar-refractivity contribution in [3.05, 3.63) is 83.4 Å². The Labute approximate surface area is 153 Å². The second-order valence-corrected chi connectivity index (χ2v) is 6.50. The number of rotatable bonds is 2. The zero-order chi connectivity index (χ0) is 17.9. The van der Waals surface area contributed by atoms with Crippen LogP contribution in [0.2, 0.25) is 0 Å². The van der Waals surface area contributed by atoms with E-state index in [9.17, 15) is 5.26 Å². The van der Waals surface area contributed by atoms with Gasteiger partial charge >= 0.3 is 0 Å². The van der Waals surface area contributed by atoms with Gasteiger partial charge in [-0.1, -0.05) is 60.7 Å². The van der Waals surface area contributed by atoms with Crippen molar-refractivity contribution in [2.24, 2.45) is 9.98 Å². The zero-order valence-electron chi connectivity index (χ0n) is 14.7. The molecule has 1 unspecified atom stereocenters. The molecule has 0 radical (unpaired) electrons. The van der Waals surface area contributed by atoms with Crippen LogP contribution in [0.4, 0.5) is 0 Å². The van der Waals surface area contributed by atoms with Crippen LogP contribution in [-0.2, 0) is 0 Å². The molecule has 0 saturated carbocycles. The number of fused-ring (bicyclic) bond motifs is 1. The van der Waals surface area contributed by atoms with Crippen LogP contribution in [0.25, 0.3) is 10.8 Å². The number of nitriles is 1. The van der Waals surface area contributed by atoms with Crippen LogP contribution in [0.1, 0.15) is 36.0 Å². The van der Waals surface area contributed by atoms with Gasteiger partial charge < -0.3 is 0 Å². The van der Waals surface area contributed by atoms with Gasteiger partial charge in [0.2, 0.25) is 0 Å². The summed E-state index contributed by atoms with van der Waals surface area (Å²) in [7, 11) is 0. The molecule has 0 spiro atoms. The summed E-state index contributed by atoms with van der Waals surface area (Å²) in [5.74, 6) is 1.00. The first kappa shape index (κ1) is 16.2. The Hall–Kier alpha value is -3.25. The van der Waals surface area contributed by atoms with E-state index in [2.05, 4.69) is 41.4 Å². The highest BCUT2D eigenvalue weighted by Crippen LogP contribution is 2.31. The molecular formula is C23H19N3. The van der Waals surface area contributed by atoms with Crippen molar-refractivity contribution in [2.45, 2.75) is 19.3 Å². The van der Waals surface area contributed by atoms with Crippen molar-refractivity contribution in [1.82, 2.24) is 0 Å². The van der Waals surface area contributed by atoms with E-state index < -0.39 is 0 Å². The molecule has 0 fully saturated rings. The Morgan fingerprint density at radius 1 is 0.923 bits per heavy atom. The summed E-state index contributed by atoms with van der Waals surface area (Å²) in [6.45, 7) is 2.73. The normalized spacial score (nSPS) is 17.2. The van der Waals surface area contributed by atoms with Gasteiger partial charge in [0.1, 0.15) is 5.84 Å². The van der Waals surface area contributed by atoms with Gasteiger partial charge in [-0.15, -0.1) is 0 Å². The Morgan fingerprint density at radius 2 is 1.65 bits per heavy atom. The lowest BCUT2D eigenvalue weighted by atomic mass is 9.85. The van der Waals surface area contributed by atoms with Gasteiger partial charge in [0.25, 0.3) is 0 Å². The number of amidine groups is 1. The lowest BCUT2D eigenvalue weighted by molar-refractivity contribution is 0.787. The maximum Gasteiger partial charge on any atom is 0.120 e. The number of hydrogen-bond acceptors (Lipinski definition) is 3. The molecule has 1 aliphatic heterocycles. The van der Waals surface area contributed by atoms with E-state index in [1.54, 1.807) is 0 Å². The summed E-state index contributed by atoms with van der Waals surface area (Å²) in [6, 6.07) is 24.8. The summed E-state index contributed by atoms with van der Waals surface area (Å²) in [4.78, 5) is 9.46. The minimum absolute atomic E-state index is 0.189. The topological polar surface area (TPSA) is 48.5 Å². The first-order chi connectivity index (χ1) is 12.8. The molecule has 0 aromatic heterocycles. The second kappa shape index (κ2) is 6.93. The van der Waals surface area contributed by atoms with Gasteiger partial charge in [0.15, 0.2) is 0 Å². The molecule has 4 rings (SSSR count). The van der Waals surface area contributed by atoms with Crippen molar-refractivity contribution in [3.8, 4) is 6.07 Å². The molecule has 0 amide bonds. The summed E-state index contributed by atoms with van der Waals surface area (Å²) in [6.07, 6.45) is 0.925. The Balaban J connectivity index is 1.95. The third kappa shape index (κ3) is 2.91. The molecule has 0 saturated heterocycles. The predicted molar refractivity (Wildman–Crippen MR) is 107 cm³/mol. The molecule has 0 bridgehead atoms. The third-order valence-electron chi connectivity index (χ3n) is 4.89. The minimum atomic E-state index is 0.189. The van der Waals surface area contributed by atoms with Gasteiger partial charge in [-0.25, -0.2) is 4.99 Å². The molecule has 1 heterocycles. The van der Waals surface area contributed by atoms with Gasteiger partial charge in [0, 0.05) is 23.4 Å². The van der Waals surface area contributed by atoms with Crippen molar-refractivity contribution in [2.75, 3.05) is 6.54 Å². The maximum atomic E-state index is 9.45. The fourth-order valence-corrected chi connectivity index (χ4v) is 3.66. The highest BCUT2D eigenvalue weighted by Gasteiger charge is 2.23. The standard InChI is InChI=1S/C23H19N3/c1-16-25-14-13-20(17-7-3-2-4-8-17)23(26-16)22-12-11-18(15-24)19-9-5-6-10-21(19)22/h2-12,20H,13-14H2,1H3. The van der Waals surface area contributed by atoms with E-state index in [1.807, 2.05) is 43.3 Å². The molecule has 3 heteroatoms. The largest absolute Gasteiger partial charge is 0.271 e. The average Bonchev–Trinajstić information content (AvgIpc) is 2.89. The fourth-order valence-electron chi connectivity index (χ4n) is 3.66. The fraction of sp³-hybridized carbons (Fsp3) is 0.174. The van der Waals surface area contributed by atoms with Crippen molar-refractivity contribution in [1.29, 1.82) is 5.26 Å². The number of benzene rings is 3. The number of aliphatic imine (C=N–C) groups is 2. The number of nitrogens with zero attached hydrogens (tertiary/aromatic N) is 3. The summed E-state index contributed by atoms with van der Waals surface area (Å²) in [5.41, 5.74) is 4.07. The Kier molecular flexibility index (Phi) is 4.33. The molecule has 0 N–H and O–H groups in total. The zero-order valence-corrected chi connectivity index (χ0v) is 14.7. The highest BCUT2D eigenvalue weighted by atomic mass is 14.9. The van der Waals surface area contributed by atoms with E-state index in [0.717, 1.165) is 40.8 Å². The lowest BCUT2D eigenvalue weighted by Crippen LogP contribution is -2.15. The van der Waals surface area contributed by atoms with Crippen LogP contribution < -0.4 is 0 Å². The highest BCUT2D eigenvalue weighted by molar-refractivity contribution is 6.18. The molecule has 3 aromatic carbocycles. The van der Waals surface area contributed by atoms with Crippen LogP contribution in [0, 0.1) is 11.3 Å². The van der Waals surface area contributed by atoms with Crippen molar-refractivity contribution >= 4 is 22.3 Å². The molecule has 3 nitrogen and oxygen atoms in total. The number of hydrogen-bond donors (Lipinski definition) is 0. The van der Waals surface area contributed by atoms with Crippen LogP contribution in [-0.4, -0.2) is 18.1 Å². The summed E-state index contributed by atoms with van der Waals surface area (Å²) in [5, 5.41) is 11.5. The van der Waals surface area contributed by atoms with Gasteiger partial charge in [-0.05, 0) is 30.4 Å². The smallest absolute Gasteiger partial charge is 0.120 e. The van der Waals surface area contributed by atoms with Crippen LogP contribution in [0.3, 0.4) is 0 Å². The molecule has 1 aliphatic rings. The quantitative estimate of drug-likeness (QED) is 0.641. The molecule has 1 atom stereocenters. The van der Waals surface area contributed by atoms with Crippen LogP contribution >= 0.6 is 0 Å². The Morgan fingerprint density at radius 3 is 2.42 bits per heavy atom. The Bertz CT molecular complexity index is 1060. The first-order valence-electron chi connectivity index (χ1n) is 8.84. The van der Waals surface area contributed by atoms with E-state index in [4.69, 9.17) is 4.99 Å². The van der Waals surface area contributed by atoms with Crippen LogP contribution in [0.15, 0.2) is 76.7 Å². The first-order valence-corrected chi connectivity index (χ1v) is 8.84. The monoisotopic (exact) mass is 337 g/mol. The van der Waals surface area contributed by atoms with Crippen LogP contribution in [0.5, 0.6) is 0 Å². The minimum Gasteiger partial charge on any atom is -0.271 e. The van der Waals surface area contributed by atoms with E-state index >= 15 is 0 Å². The maximum absolute atomic E-state index is 9.45. The summed E-state index contributed by atoms with van der Waals surface area (Å²) < 4.78 is 0. The molecule has 126 valence electrons. The third-order valence-corrected chi connectivity index (χ3v) is 4.89. The van der Waals surface area contributed by atoms with E-state index in [-0.39, 0.29) is 5.92 Å².